The Morgan fingerprint density at radius 1 is 1.25 bits per heavy atom. The first kappa shape index (κ1) is 14.2. The summed E-state index contributed by atoms with van der Waals surface area (Å²) in [5.41, 5.74) is 1.10. The molecule has 0 atom stereocenters. The van der Waals surface area contributed by atoms with Gasteiger partial charge in [-0.25, -0.2) is 4.98 Å². The van der Waals surface area contributed by atoms with E-state index in [9.17, 15) is 4.79 Å². The van der Waals surface area contributed by atoms with Crippen LogP contribution in [-0.2, 0) is 17.8 Å². The summed E-state index contributed by atoms with van der Waals surface area (Å²) in [6.45, 7) is 1.69. The average Bonchev–Trinajstić information content (AvgIpc) is 2.99. The molecule has 0 unspecified atom stereocenters. The van der Waals surface area contributed by atoms with Gasteiger partial charge >= 0.3 is 0 Å². The number of aromatic nitrogens is 3. The normalized spacial score (nSPS) is 10.4. The van der Waals surface area contributed by atoms with Crippen molar-refractivity contribution in [2.45, 2.75) is 32.2 Å². The van der Waals surface area contributed by atoms with E-state index in [0.717, 1.165) is 37.9 Å². The zero-order chi connectivity index (χ0) is 14.0. The predicted molar refractivity (Wildman–Crippen MR) is 77.0 cm³/mol. The standard InChI is InChI=1S/C15H20N4O/c20-15(6-5-14-4-3-7-16-12-14)18-8-1-2-10-19-11-9-17-13-19/h3-4,7,9,11-13H,1-2,5-6,8,10H2,(H,18,20). The van der Waals surface area contributed by atoms with Crippen LogP contribution in [-0.4, -0.2) is 27.0 Å². The molecule has 20 heavy (non-hydrogen) atoms. The molecule has 0 fully saturated rings. The van der Waals surface area contributed by atoms with E-state index in [1.165, 1.54) is 0 Å². The zero-order valence-corrected chi connectivity index (χ0v) is 11.5. The van der Waals surface area contributed by atoms with Gasteiger partial charge in [0, 0.05) is 44.3 Å². The Morgan fingerprint density at radius 3 is 2.95 bits per heavy atom. The highest BCUT2D eigenvalue weighted by molar-refractivity contribution is 5.76. The van der Waals surface area contributed by atoms with E-state index in [0.29, 0.717) is 6.42 Å². The molecule has 0 aromatic carbocycles. The number of carbonyl (C=O) groups excluding carboxylic acids is 1. The lowest BCUT2D eigenvalue weighted by Gasteiger charge is -2.05. The second-order valence-corrected chi connectivity index (χ2v) is 4.72. The van der Waals surface area contributed by atoms with Crippen molar-refractivity contribution < 1.29 is 4.79 Å². The molecule has 0 aliphatic heterocycles. The molecule has 2 aromatic heterocycles. The summed E-state index contributed by atoms with van der Waals surface area (Å²) in [5, 5.41) is 2.95. The molecule has 1 amide bonds. The largest absolute Gasteiger partial charge is 0.356 e. The number of nitrogens with zero attached hydrogens (tertiary/aromatic N) is 3. The van der Waals surface area contributed by atoms with E-state index in [4.69, 9.17) is 0 Å². The second-order valence-electron chi connectivity index (χ2n) is 4.72. The maximum atomic E-state index is 11.7. The Balaban J connectivity index is 1.52. The molecule has 0 radical (unpaired) electrons. The quantitative estimate of drug-likeness (QED) is 0.746. The summed E-state index contributed by atoms with van der Waals surface area (Å²) in [5.74, 6) is 0.108. The molecule has 0 bridgehead atoms. The molecule has 0 saturated carbocycles. The number of hydrogen-bond acceptors (Lipinski definition) is 3. The first-order valence-electron chi connectivity index (χ1n) is 6.96. The van der Waals surface area contributed by atoms with Crippen LogP contribution in [0.3, 0.4) is 0 Å². The Bertz CT molecular complexity index is 496. The molecule has 1 N–H and O–H groups in total. The minimum absolute atomic E-state index is 0.108. The van der Waals surface area contributed by atoms with Crippen LogP contribution >= 0.6 is 0 Å². The smallest absolute Gasteiger partial charge is 0.220 e. The molecule has 0 aliphatic rings. The fourth-order valence-electron chi connectivity index (χ4n) is 1.96. The van der Waals surface area contributed by atoms with Crippen molar-refractivity contribution in [3.63, 3.8) is 0 Å². The number of carbonyl (C=O) groups is 1. The van der Waals surface area contributed by atoms with E-state index >= 15 is 0 Å². The molecule has 5 nitrogen and oxygen atoms in total. The van der Waals surface area contributed by atoms with Crippen LogP contribution in [0.4, 0.5) is 0 Å². The third-order valence-electron chi connectivity index (χ3n) is 3.09. The van der Waals surface area contributed by atoms with Gasteiger partial charge in [0.2, 0.25) is 5.91 Å². The fraction of sp³-hybridized carbons (Fsp3) is 0.400. The van der Waals surface area contributed by atoms with Crippen molar-refractivity contribution in [1.82, 2.24) is 19.9 Å². The van der Waals surface area contributed by atoms with E-state index in [2.05, 4.69) is 15.3 Å². The van der Waals surface area contributed by atoms with Gasteiger partial charge in [-0.3, -0.25) is 9.78 Å². The number of imidazole rings is 1. The average molecular weight is 272 g/mol. The van der Waals surface area contributed by atoms with Gasteiger partial charge in [0.25, 0.3) is 0 Å². The van der Waals surface area contributed by atoms with Gasteiger partial charge in [0.05, 0.1) is 6.33 Å². The highest BCUT2D eigenvalue weighted by atomic mass is 16.1. The third kappa shape index (κ3) is 5.22. The van der Waals surface area contributed by atoms with Gasteiger partial charge in [0.1, 0.15) is 0 Å². The number of amides is 1. The van der Waals surface area contributed by atoms with Gasteiger partial charge in [-0.05, 0) is 30.9 Å². The van der Waals surface area contributed by atoms with Crippen molar-refractivity contribution in [3.8, 4) is 0 Å². The van der Waals surface area contributed by atoms with Crippen molar-refractivity contribution in [2.24, 2.45) is 0 Å². The predicted octanol–water partition coefficient (Wildman–Crippen LogP) is 1.81. The molecular formula is C15H20N4O. The van der Waals surface area contributed by atoms with E-state index in [-0.39, 0.29) is 5.91 Å². The molecule has 5 heteroatoms. The summed E-state index contributed by atoms with van der Waals surface area (Å²) in [6, 6.07) is 3.88. The number of nitrogens with one attached hydrogen (secondary N) is 1. The van der Waals surface area contributed by atoms with Crippen molar-refractivity contribution in [1.29, 1.82) is 0 Å². The van der Waals surface area contributed by atoms with Crippen molar-refractivity contribution >= 4 is 5.91 Å². The van der Waals surface area contributed by atoms with Gasteiger partial charge < -0.3 is 9.88 Å². The lowest BCUT2D eigenvalue weighted by atomic mass is 10.1. The summed E-state index contributed by atoms with van der Waals surface area (Å²) in [4.78, 5) is 19.7. The number of pyridine rings is 1. The number of aryl methyl sites for hydroxylation is 2. The van der Waals surface area contributed by atoms with Crippen molar-refractivity contribution in [2.75, 3.05) is 6.54 Å². The lowest BCUT2D eigenvalue weighted by molar-refractivity contribution is -0.121. The summed E-state index contributed by atoms with van der Waals surface area (Å²) in [7, 11) is 0. The maximum absolute atomic E-state index is 11.7. The Labute approximate surface area is 119 Å². The van der Waals surface area contributed by atoms with Crippen molar-refractivity contribution in [3.05, 3.63) is 48.8 Å². The molecule has 106 valence electrons. The minimum Gasteiger partial charge on any atom is -0.356 e. The molecule has 0 spiro atoms. The Hall–Kier alpha value is -2.17. The van der Waals surface area contributed by atoms with Gasteiger partial charge in [-0.15, -0.1) is 0 Å². The minimum atomic E-state index is 0.108. The van der Waals surface area contributed by atoms with Gasteiger partial charge in [-0.1, -0.05) is 6.07 Å². The number of hydrogen-bond donors (Lipinski definition) is 1. The Morgan fingerprint density at radius 2 is 2.20 bits per heavy atom. The second kappa shape index (κ2) is 8.09. The zero-order valence-electron chi connectivity index (χ0n) is 11.5. The molecule has 2 heterocycles. The lowest BCUT2D eigenvalue weighted by Crippen LogP contribution is -2.24. The third-order valence-corrected chi connectivity index (χ3v) is 3.09. The summed E-state index contributed by atoms with van der Waals surface area (Å²) < 4.78 is 2.05. The highest BCUT2D eigenvalue weighted by Gasteiger charge is 2.01. The Kier molecular flexibility index (Phi) is 5.76. The molecule has 2 rings (SSSR count). The number of rotatable bonds is 8. The van der Waals surface area contributed by atoms with Crippen LogP contribution < -0.4 is 5.32 Å². The molecular weight excluding hydrogens is 252 g/mol. The van der Waals surface area contributed by atoms with Gasteiger partial charge in [-0.2, -0.15) is 0 Å². The van der Waals surface area contributed by atoms with E-state index < -0.39 is 0 Å². The van der Waals surface area contributed by atoms with Gasteiger partial charge in [0.15, 0.2) is 0 Å². The first-order chi connectivity index (χ1) is 9.84. The first-order valence-corrected chi connectivity index (χ1v) is 6.96. The highest BCUT2D eigenvalue weighted by Crippen LogP contribution is 2.00. The van der Waals surface area contributed by atoms with E-state index in [1.54, 1.807) is 18.6 Å². The molecule has 0 aliphatic carbocycles. The summed E-state index contributed by atoms with van der Waals surface area (Å²) >= 11 is 0. The summed E-state index contributed by atoms with van der Waals surface area (Å²) in [6.07, 6.45) is 12.4. The molecule has 2 aromatic rings. The SMILES string of the molecule is O=C(CCc1cccnc1)NCCCCn1ccnc1. The number of unbranched alkanes of at least 4 members (excludes halogenated alkanes) is 1. The maximum Gasteiger partial charge on any atom is 0.220 e. The van der Waals surface area contributed by atoms with Crippen LogP contribution in [0.15, 0.2) is 43.2 Å². The van der Waals surface area contributed by atoms with Crippen LogP contribution in [0.2, 0.25) is 0 Å². The topological polar surface area (TPSA) is 59.8 Å². The monoisotopic (exact) mass is 272 g/mol. The molecule has 0 saturated heterocycles. The fourth-order valence-corrected chi connectivity index (χ4v) is 1.96. The van der Waals surface area contributed by atoms with Crippen LogP contribution in [0.25, 0.3) is 0 Å². The van der Waals surface area contributed by atoms with E-state index in [1.807, 2.05) is 29.2 Å². The van der Waals surface area contributed by atoms with Crippen LogP contribution in [0.5, 0.6) is 0 Å². The van der Waals surface area contributed by atoms with Crippen LogP contribution in [0.1, 0.15) is 24.8 Å². The van der Waals surface area contributed by atoms with Crippen LogP contribution in [0, 0.1) is 0 Å².